The van der Waals surface area contributed by atoms with E-state index in [4.69, 9.17) is 4.74 Å². The fourth-order valence-corrected chi connectivity index (χ4v) is 2.60. The standard InChI is InChI=1S/C13H12BrNO2S/c1-3-17-13(16)11-7-18-12(15-11)9-5-4-8(2)10(14)6-9/h4-7H,3H2,1-2H3. The molecular weight excluding hydrogens is 314 g/mol. The zero-order chi connectivity index (χ0) is 13.1. The molecule has 2 rings (SSSR count). The third kappa shape index (κ3) is 2.79. The van der Waals surface area contributed by atoms with Crippen molar-refractivity contribution in [2.45, 2.75) is 13.8 Å². The number of carbonyl (C=O) groups is 1. The van der Waals surface area contributed by atoms with E-state index in [9.17, 15) is 4.79 Å². The molecule has 1 aromatic heterocycles. The van der Waals surface area contributed by atoms with Crippen LogP contribution in [0, 0.1) is 6.92 Å². The lowest BCUT2D eigenvalue weighted by atomic mass is 10.2. The maximum absolute atomic E-state index is 11.5. The molecule has 0 saturated carbocycles. The van der Waals surface area contributed by atoms with E-state index >= 15 is 0 Å². The summed E-state index contributed by atoms with van der Waals surface area (Å²) < 4.78 is 5.95. The second-order valence-corrected chi connectivity index (χ2v) is 5.43. The summed E-state index contributed by atoms with van der Waals surface area (Å²) in [6.45, 7) is 4.17. The highest BCUT2D eigenvalue weighted by Gasteiger charge is 2.12. The lowest BCUT2D eigenvalue weighted by Crippen LogP contribution is -2.04. The molecule has 0 N–H and O–H groups in total. The second kappa shape index (κ2) is 5.63. The number of hydrogen-bond acceptors (Lipinski definition) is 4. The quantitative estimate of drug-likeness (QED) is 0.799. The Hall–Kier alpha value is -1.20. The van der Waals surface area contributed by atoms with E-state index in [1.54, 1.807) is 12.3 Å². The fourth-order valence-electron chi connectivity index (χ4n) is 1.43. The van der Waals surface area contributed by atoms with Gasteiger partial charge in [0.15, 0.2) is 5.69 Å². The highest BCUT2D eigenvalue weighted by molar-refractivity contribution is 9.10. The molecule has 0 saturated heterocycles. The monoisotopic (exact) mass is 325 g/mol. The van der Waals surface area contributed by atoms with Crippen LogP contribution in [-0.4, -0.2) is 17.6 Å². The number of halogens is 1. The lowest BCUT2D eigenvalue weighted by molar-refractivity contribution is 0.0520. The molecule has 2 aromatic rings. The van der Waals surface area contributed by atoms with Gasteiger partial charge in [-0.2, -0.15) is 0 Å². The average molecular weight is 326 g/mol. The summed E-state index contributed by atoms with van der Waals surface area (Å²) in [5.41, 5.74) is 2.53. The van der Waals surface area contributed by atoms with E-state index in [2.05, 4.69) is 20.9 Å². The fraction of sp³-hybridized carbons (Fsp3) is 0.231. The summed E-state index contributed by atoms with van der Waals surface area (Å²) in [6, 6.07) is 6.02. The number of nitrogens with zero attached hydrogens (tertiary/aromatic N) is 1. The number of aromatic nitrogens is 1. The summed E-state index contributed by atoms with van der Waals surface area (Å²) in [5.74, 6) is -0.369. The van der Waals surface area contributed by atoms with E-state index in [1.807, 2.05) is 25.1 Å². The first-order chi connectivity index (χ1) is 8.61. The Morgan fingerprint density at radius 1 is 1.50 bits per heavy atom. The first kappa shape index (κ1) is 13.2. The normalized spacial score (nSPS) is 10.4. The molecule has 0 fully saturated rings. The van der Waals surface area contributed by atoms with Crippen molar-refractivity contribution in [3.63, 3.8) is 0 Å². The first-order valence-electron chi connectivity index (χ1n) is 5.51. The minimum Gasteiger partial charge on any atom is -0.461 e. The van der Waals surface area contributed by atoms with Gasteiger partial charge in [0.1, 0.15) is 5.01 Å². The van der Waals surface area contributed by atoms with Crippen molar-refractivity contribution in [2.75, 3.05) is 6.61 Å². The molecule has 94 valence electrons. The maximum atomic E-state index is 11.5. The van der Waals surface area contributed by atoms with Crippen LogP contribution in [0.4, 0.5) is 0 Å². The van der Waals surface area contributed by atoms with Crippen LogP contribution in [-0.2, 0) is 4.74 Å². The van der Waals surface area contributed by atoms with Crippen molar-refractivity contribution < 1.29 is 9.53 Å². The molecule has 0 atom stereocenters. The van der Waals surface area contributed by atoms with E-state index in [0.717, 1.165) is 15.0 Å². The molecule has 18 heavy (non-hydrogen) atoms. The summed E-state index contributed by atoms with van der Waals surface area (Å²) in [5, 5.41) is 2.54. The van der Waals surface area contributed by atoms with Gasteiger partial charge >= 0.3 is 5.97 Å². The summed E-state index contributed by atoms with van der Waals surface area (Å²) in [6.07, 6.45) is 0. The smallest absolute Gasteiger partial charge is 0.357 e. The number of benzene rings is 1. The molecule has 0 aliphatic heterocycles. The van der Waals surface area contributed by atoms with Crippen molar-refractivity contribution in [1.29, 1.82) is 0 Å². The Kier molecular flexibility index (Phi) is 4.14. The van der Waals surface area contributed by atoms with Crippen LogP contribution in [0.2, 0.25) is 0 Å². The van der Waals surface area contributed by atoms with Crippen LogP contribution >= 0.6 is 27.3 Å². The molecule has 0 aliphatic rings. The zero-order valence-corrected chi connectivity index (χ0v) is 12.5. The van der Waals surface area contributed by atoms with Gasteiger partial charge in [0, 0.05) is 15.4 Å². The molecule has 1 aromatic carbocycles. The van der Waals surface area contributed by atoms with Gasteiger partial charge in [-0.15, -0.1) is 11.3 Å². The van der Waals surface area contributed by atoms with Crippen LogP contribution in [0.5, 0.6) is 0 Å². The topological polar surface area (TPSA) is 39.2 Å². The number of carbonyl (C=O) groups excluding carboxylic acids is 1. The summed E-state index contributed by atoms with van der Waals surface area (Å²) in [7, 11) is 0. The molecule has 0 unspecified atom stereocenters. The molecule has 0 radical (unpaired) electrons. The zero-order valence-electron chi connectivity index (χ0n) is 10.1. The Morgan fingerprint density at radius 2 is 2.28 bits per heavy atom. The Labute approximate surface area is 118 Å². The van der Waals surface area contributed by atoms with Gasteiger partial charge < -0.3 is 4.74 Å². The molecule has 3 nitrogen and oxygen atoms in total. The van der Waals surface area contributed by atoms with Crippen molar-refractivity contribution in [3.05, 3.63) is 39.3 Å². The Bertz CT molecular complexity index is 580. The minimum atomic E-state index is -0.369. The van der Waals surface area contributed by atoms with Crippen LogP contribution in [0.1, 0.15) is 23.0 Å². The number of thiazole rings is 1. The molecule has 0 bridgehead atoms. The number of esters is 1. The average Bonchev–Trinajstić information content (AvgIpc) is 2.82. The highest BCUT2D eigenvalue weighted by atomic mass is 79.9. The van der Waals surface area contributed by atoms with E-state index in [-0.39, 0.29) is 5.97 Å². The SMILES string of the molecule is CCOC(=O)c1csc(-c2ccc(C)c(Br)c2)n1. The number of hydrogen-bond donors (Lipinski definition) is 0. The van der Waals surface area contributed by atoms with Gasteiger partial charge in [-0.25, -0.2) is 9.78 Å². The van der Waals surface area contributed by atoms with E-state index in [0.29, 0.717) is 12.3 Å². The number of rotatable bonds is 3. The summed E-state index contributed by atoms with van der Waals surface area (Å²) in [4.78, 5) is 15.8. The molecular formula is C13H12BrNO2S. The van der Waals surface area contributed by atoms with E-state index < -0.39 is 0 Å². The molecule has 1 heterocycles. The predicted molar refractivity (Wildman–Crippen MR) is 75.9 cm³/mol. The molecule has 5 heteroatoms. The van der Waals surface area contributed by atoms with Crippen LogP contribution in [0.15, 0.2) is 28.1 Å². The number of ether oxygens (including phenoxy) is 1. The lowest BCUT2D eigenvalue weighted by Gasteiger charge is -2.00. The molecule has 0 aliphatic carbocycles. The highest BCUT2D eigenvalue weighted by Crippen LogP contribution is 2.28. The van der Waals surface area contributed by atoms with Crippen LogP contribution in [0.3, 0.4) is 0 Å². The molecule has 0 spiro atoms. The first-order valence-corrected chi connectivity index (χ1v) is 7.18. The largest absolute Gasteiger partial charge is 0.461 e. The minimum absolute atomic E-state index is 0.363. The maximum Gasteiger partial charge on any atom is 0.357 e. The number of aryl methyl sites for hydroxylation is 1. The third-order valence-corrected chi connectivity index (χ3v) is 4.15. The van der Waals surface area contributed by atoms with Crippen molar-refractivity contribution in [2.24, 2.45) is 0 Å². The van der Waals surface area contributed by atoms with Gasteiger partial charge in [-0.1, -0.05) is 28.1 Å². The molecule has 0 amide bonds. The van der Waals surface area contributed by atoms with Crippen molar-refractivity contribution in [3.8, 4) is 10.6 Å². The van der Waals surface area contributed by atoms with Crippen molar-refractivity contribution >= 4 is 33.2 Å². The van der Waals surface area contributed by atoms with Crippen molar-refractivity contribution in [1.82, 2.24) is 4.98 Å². The second-order valence-electron chi connectivity index (χ2n) is 3.72. The Balaban J connectivity index is 2.29. The predicted octanol–water partition coefficient (Wildman–Crippen LogP) is 4.06. The van der Waals surface area contributed by atoms with E-state index in [1.165, 1.54) is 16.9 Å². The van der Waals surface area contributed by atoms with Gasteiger partial charge in [0.25, 0.3) is 0 Å². The van der Waals surface area contributed by atoms with Gasteiger partial charge in [0.2, 0.25) is 0 Å². The Morgan fingerprint density at radius 3 is 2.94 bits per heavy atom. The van der Waals surface area contributed by atoms with Gasteiger partial charge in [-0.05, 0) is 25.5 Å². The van der Waals surface area contributed by atoms with Gasteiger partial charge in [0.05, 0.1) is 6.61 Å². The summed E-state index contributed by atoms with van der Waals surface area (Å²) >= 11 is 4.93. The van der Waals surface area contributed by atoms with Crippen LogP contribution in [0.25, 0.3) is 10.6 Å². The third-order valence-electron chi connectivity index (χ3n) is 2.41. The van der Waals surface area contributed by atoms with Crippen LogP contribution < -0.4 is 0 Å². The van der Waals surface area contributed by atoms with Gasteiger partial charge in [-0.3, -0.25) is 0 Å².